The standard InChI is InChI=1S/C36H49FN6O6/c1-25-5-7-31(44)23-34(46)49-35(26(2)6-8-32(25)48-36(47)42-13-10-38-11-14-42)27(3)19-28-20-29(37)22-30(21-28)40-15-17-41(18-16-40)33(45)24-43-12-4-9-39-43/h4,6,8-9,12,19-22,25-26,31-32,35,38,44H,5,7,10-11,13-18,23-24H2,1-3H3/b8-6+,27-19+/t25-,26-,31+,32-,35-/m0/s1. The number of piperazine rings is 2. The smallest absolute Gasteiger partial charge is 0.410 e. The first-order chi connectivity index (χ1) is 23.5. The van der Waals surface area contributed by atoms with E-state index in [2.05, 4.69) is 15.3 Å². The van der Waals surface area contributed by atoms with Gasteiger partial charge in [-0.1, -0.05) is 26.0 Å². The average molecular weight is 681 g/mol. The number of hydrogen-bond donors (Lipinski definition) is 2. The van der Waals surface area contributed by atoms with Crippen molar-refractivity contribution in [3.05, 3.63) is 65.8 Å². The zero-order valence-corrected chi connectivity index (χ0v) is 28.7. The second kappa shape index (κ2) is 16.9. The first kappa shape index (κ1) is 36.1. The number of carbonyl (C=O) groups is 3. The number of nitrogens with one attached hydrogen (secondary N) is 1. The van der Waals surface area contributed by atoms with Crippen molar-refractivity contribution < 1.29 is 33.4 Å². The van der Waals surface area contributed by atoms with Crippen LogP contribution in [0.5, 0.6) is 0 Å². The van der Waals surface area contributed by atoms with Crippen LogP contribution in [0, 0.1) is 17.7 Å². The van der Waals surface area contributed by atoms with Crippen molar-refractivity contribution in [2.24, 2.45) is 11.8 Å². The number of anilines is 1. The average Bonchev–Trinajstić information content (AvgIpc) is 3.60. The van der Waals surface area contributed by atoms with Gasteiger partial charge < -0.3 is 34.6 Å². The molecule has 3 aliphatic rings. The highest BCUT2D eigenvalue weighted by atomic mass is 19.1. The Morgan fingerprint density at radius 3 is 2.53 bits per heavy atom. The minimum atomic E-state index is -0.893. The van der Waals surface area contributed by atoms with E-state index in [4.69, 9.17) is 9.47 Å². The molecule has 49 heavy (non-hydrogen) atoms. The number of nitrogens with zero attached hydrogens (tertiary/aromatic N) is 5. The molecule has 5 rings (SSSR count). The van der Waals surface area contributed by atoms with Gasteiger partial charge in [-0.3, -0.25) is 14.3 Å². The van der Waals surface area contributed by atoms with Crippen molar-refractivity contribution in [1.29, 1.82) is 0 Å². The molecule has 0 radical (unpaired) electrons. The van der Waals surface area contributed by atoms with Crippen LogP contribution in [0.25, 0.3) is 6.08 Å². The molecule has 13 heteroatoms. The summed E-state index contributed by atoms with van der Waals surface area (Å²) in [4.78, 5) is 44.2. The summed E-state index contributed by atoms with van der Waals surface area (Å²) < 4.78 is 28.5. The monoisotopic (exact) mass is 680 g/mol. The van der Waals surface area contributed by atoms with Gasteiger partial charge in [0.25, 0.3) is 0 Å². The maximum absolute atomic E-state index is 15.0. The lowest BCUT2D eigenvalue weighted by Crippen LogP contribution is -2.49. The van der Waals surface area contributed by atoms with E-state index in [1.54, 1.807) is 32.9 Å². The van der Waals surface area contributed by atoms with Crippen molar-refractivity contribution in [1.82, 2.24) is 24.9 Å². The molecule has 0 bridgehead atoms. The number of amides is 2. The largest absolute Gasteiger partial charge is 0.457 e. The van der Waals surface area contributed by atoms with E-state index in [1.807, 2.05) is 45.1 Å². The molecule has 2 saturated heterocycles. The summed E-state index contributed by atoms with van der Waals surface area (Å²) in [7, 11) is 0. The molecule has 0 spiro atoms. The number of cyclic esters (lactones) is 1. The lowest BCUT2D eigenvalue weighted by molar-refractivity contribution is -0.151. The second-order valence-electron chi connectivity index (χ2n) is 13.4. The van der Waals surface area contributed by atoms with Crippen LogP contribution >= 0.6 is 0 Å². The maximum atomic E-state index is 15.0. The molecular formula is C36H49FN6O6. The number of benzene rings is 1. The van der Waals surface area contributed by atoms with Crippen LogP contribution in [0.2, 0.25) is 0 Å². The van der Waals surface area contributed by atoms with E-state index in [0.717, 1.165) is 0 Å². The molecule has 0 aliphatic carbocycles. The molecule has 2 N–H and O–H groups in total. The minimum absolute atomic E-state index is 0.0115. The van der Waals surface area contributed by atoms with Gasteiger partial charge in [-0.2, -0.15) is 5.10 Å². The van der Waals surface area contributed by atoms with Gasteiger partial charge in [0.15, 0.2) is 0 Å². The predicted octanol–water partition coefficient (Wildman–Crippen LogP) is 3.47. The molecule has 5 atom stereocenters. The molecule has 0 unspecified atom stereocenters. The van der Waals surface area contributed by atoms with Gasteiger partial charge in [-0.25, -0.2) is 9.18 Å². The second-order valence-corrected chi connectivity index (χ2v) is 13.4. The van der Waals surface area contributed by atoms with E-state index in [-0.39, 0.29) is 36.8 Å². The van der Waals surface area contributed by atoms with E-state index in [1.165, 1.54) is 12.1 Å². The molecule has 2 fully saturated rings. The molecule has 2 amide bonds. The third-order valence-electron chi connectivity index (χ3n) is 9.47. The van der Waals surface area contributed by atoms with Crippen LogP contribution in [0.4, 0.5) is 14.9 Å². The minimum Gasteiger partial charge on any atom is -0.457 e. The quantitative estimate of drug-likeness (QED) is 0.348. The zero-order valence-electron chi connectivity index (χ0n) is 28.7. The number of aromatic nitrogens is 2. The number of hydrogen-bond acceptors (Lipinski definition) is 9. The number of rotatable bonds is 6. The Hall–Kier alpha value is -4.23. The lowest BCUT2D eigenvalue weighted by Gasteiger charge is -2.36. The number of carbonyl (C=O) groups excluding carboxylic acids is 3. The summed E-state index contributed by atoms with van der Waals surface area (Å²) in [5, 5.41) is 18.0. The van der Waals surface area contributed by atoms with Crippen LogP contribution in [-0.2, 0) is 25.6 Å². The summed E-state index contributed by atoms with van der Waals surface area (Å²) >= 11 is 0. The van der Waals surface area contributed by atoms with E-state index in [0.29, 0.717) is 82.0 Å². The fraction of sp³-hybridized carbons (Fsp3) is 0.556. The Balaban J connectivity index is 1.30. The highest BCUT2D eigenvalue weighted by Gasteiger charge is 2.29. The Morgan fingerprint density at radius 2 is 1.82 bits per heavy atom. The van der Waals surface area contributed by atoms with E-state index >= 15 is 0 Å². The Labute approximate surface area is 287 Å². The van der Waals surface area contributed by atoms with Crippen LogP contribution in [0.15, 0.2) is 54.4 Å². The number of aliphatic hydroxyl groups excluding tert-OH is 1. The highest BCUT2D eigenvalue weighted by molar-refractivity contribution is 5.76. The molecule has 1 aromatic carbocycles. The van der Waals surface area contributed by atoms with Crippen molar-refractivity contribution >= 4 is 29.7 Å². The Morgan fingerprint density at radius 1 is 1.06 bits per heavy atom. The normalized spacial score (nSPS) is 26.7. The Kier molecular flexibility index (Phi) is 12.5. The molecule has 3 aliphatic heterocycles. The maximum Gasteiger partial charge on any atom is 0.410 e. The van der Waals surface area contributed by atoms with E-state index < -0.39 is 30.1 Å². The number of ether oxygens (including phenoxy) is 2. The summed E-state index contributed by atoms with van der Waals surface area (Å²) in [6.45, 7) is 10.6. The Bertz CT molecular complexity index is 1480. The fourth-order valence-electron chi connectivity index (χ4n) is 6.54. The van der Waals surface area contributed by atoms with Gasteiger partial charge in [0.1, 0.15) is 24.6 Å². The summed E-state index contributed by atoms with van der Waals surface area (Å²) in [6.07, 6.45) is 7.25. The van der Waals surface area contributed by atoms with Crippen LogP contribution in [-0.4, -0.2) is 113 Å². The third kappa shape index (κ3) is 10.1. The highest BCUT2D eigenvalue weighted by Crippen LogP contribution is 2.27. The summed E-state index contributed by atoms with van der Waals surface area (Å²) in [5.74, 6) is -1.33. The fourth-order valence-corrected chi connectivity index (χ4v) is 6.54. The number of halogens is 1. The lowest BCUT2D eigenvalue weighted by atomic mass is 9.91. The van der Waals surface area contributed by atoms with Crippen molar-refractivity contribution in [3.63, 3.8) is 0 Å². The topological polar surface area (TPSA) is 129 Å². The van der Waals surface area contributed by atoms with Crippen LogP contribution < -0.4 is 10.2 Å². The first-order valence-electron chi connectivity index (χ1n) is 17.3. The molecule has 1 aromatic heterocycles. The molecule has 266 valence electrons. The van der Waals surface area contributed by atoms with Crippen molar-refractivity contribution in [3.8, 4) is 0 Å². The SMILES string of the molecule is C/C(=C\c1cc(F)cc(N2CCN(C(=O)Cn3cccn3)CC2)c1)[C@H]1OC(=O)C[C@H](O)CC[C@H](C)[C@@H](OC(=O)N2CCNCC2)/C=C/[C@@H]1C. The predicted molar refractivity (Wildman–Crippen MR) is 183 cm³/mol. The molecule has 12 nitrogen and oxygen atoms in total. The molecule has 2 aromatic rings. The van der Waals surface area contributed by atoms with Gasteiger partial charge in [0, 0.05) is 76.4 Å². The van der Waals surface area contributed by atoms with Crippen molar-refractivity contribution in [2.75, 3.05) is 57.3 Å². The van der Waals surface area contributed by atoms with E-state index in [9.17, 15) is 23.9 Å². The number of aliphatic hydroxyl groups is 1. The molecule has 0 saturated carbocycles. The van der Waals surface area contributed by atoms with Crippen LogP contribution in [0.3, 0.4) is 0 Å². The molecular weight excluding hydrogens is 631 g/mol. The van der Waals surface area contributed by atoms with Gasteiger partial charge in [-0.05, 0) is 67.2 Å². The zero-order chi connectivity index (χ0) is 34.9. The molecule has 4 heterocycles. The number of esters is 1. The third-order valence-corrected chi connectivity index (χ3v) is 9.47. The van der Waals surface area contributed by atoms with Crippen LogP contribution in [0.1, 0.15) is 45.6 Å². The van der Waals surface area contributed by atoms with Gasteiger partial charge in [0.05, 0.1) is 12.5 Å². The van der Waals surface area contributed by atoms with Gasteiger partial charge >= 0.3 is 12.1 Å². The summed E-state index contributed by atoms with van der Waals surface area (Å²) in [6, 6.07) is 6.59. The van der Waals surface area contributed by atoms with Gasteiger partial charge in [0.2, 0.25) is 5.91 Å². The summed E-state index contributed by atoms with van der Waals surface area (Å²) in [5.41, 5.74) is 2.01. The first-order valence-corrected chi connectivity index (χ1v) is 17.3. The van der Waals surface area contributed by atoms with Crippen molar-refractivity contribution in [2.45, 2.75) is 64.9 Å². The van der Waals surface area contributed by atoms with Gasteiger partial charge in [-0.15, -0.1) is 0 Å².